The van der Waals surface area contributed by atoms with Crippen LogP contribution in [0.2, 0.25) is 0 Å². The number of para-hydroxylation sites is 2. The van der Waals surface area contributed by atoms with Crippen molar-refractivity contribution in [1.82, 2.24) is 15.1 Å². The zero-order valence-corrected chi connectivity index (χ0v) is 21.0. The summed E-state index contributed by atoms with van der Waals surface area (Å²) in [6.45, 7) is 1.43. The number of nitriles is 1. The van der Waals surface area contributed by atoms with Crippen LogP contribution in [0.25, 0.3) is 27.9 Å². The third-order valence-electron chi connectivity index (χ3n) is 8.22. The van der Waals surface area contributed by atoms with Crippen LogP contribution in [0.1, 0.15) is 60.6 Å². The Bertz CT molecular complexity index is 1670. The fourth-order valence-corrected chi connectivity index (χ4v) is 6.01. The molecule has 1 spiro atoms. The topological polar surface area (TPSA) is 78.8 Å². The highest BCUT2D eigenvalue weighted by Gasteiger charge is 2.45. The summed E-state index contributed by atoms with van der Waals surface area (Å²) in [5.41, 5.74) is 3.14. The Hall–Kier alpha value is -4.19. The van der Waals surface area contributed by atoms with Crippen molar-refractivity contribution in [2.45, 2.75) is 44.2 Å². The number of rotatable bonds is 4. The SMILES string of the molecule is N#Cc1nc2ccccc2nc1N1CCC2(C=C(c3c(-c4ccccc4C(F)(F)F)noc3C3CC3)C2)CC1. The van der Waals surface area contributed by atoms with Crippen LogP contribution in [0.4, 0.5) is 19.0 Å². The number of piperidine rings is 1. The highest BCUT2D eigenvalue weighted by molar-refractivity contribution is 5.85. The first kappa shape index (κ1) is 23.9. The van der Waals surface area contributed by atoms with E-state index in [0.717, 1.165) is 54.8 Å². The maximum atomic E-state index is 13.8. The summed E-state index contributed by atoms with van der Waals surface area (Å²) >= 11 is 0. The van der Waals surface area contributed by atoms with Crippen LogP contribution in [0.15, 0.2) is 59.1 Å². The van der Waals surface area contributed by atoms with E-state index in [1.807, 2.05) is 24.3 Å². The summed E-state index contributed by atoms with van der Waals surface area (Å²) < 4.78 is 47.2. The van der Waals surface area contributed by atoms with E-state index in [1.165, 1.54) is 12.1 Å². The van der Waals surface area contributed by atoms with Crippen molar-refractivity contribution in [3.63, 3.8) is 0 Å². The van der Waals surface area contributed by atoms with Crippen molar-refractivity contribution >= 4 is 22.4 Å². The second kappa shape index (κ2) is 8.67. The van der Waals surface area contributed by atoms with Crippen LogP contribution in [0, 0.1) is 16.7 Å². The van der Waals surface area contributed by atoms with E-state index in [9.17, 15) is 18.4 Å². The van der Waals surface area contributed by atoms with Gasteiger partial charge in [-0.15, -0.1) is 0 Å². The summed E-state index contributed by atoms with van der Waals surface area (Å²) in [4.78, 5) is 11.4. The van der Waals surface area contributed by atoms with Crippen LogP contribution in [-0.4, -0.2) is 28.2 Å². The van der Waals surface area contributed by atoms with Gasteiger partial charge in [0.15, 0.2) is 11.5 Å². The van der Waals surface area contributed by atoms with Gasteiger partial charge in [-0.05, 0) is 61.3 Å². The monoisotopic (exact) mass is 527 g/mol. The standard InChI is InChI=1S/C30H24F3N5O/c31-30(32,33)21-6-2-1-5-20(21)26-25(27(39-37-26)18-9-10-18)19-15-29(16-19)11-13-38(14-12-29)28-24(17-34)35-22-7-3-4-8-23(22)36-28/h1-8,15,18H,9-14,16H2. The van der Waals surface area contributed by atoms with Gasteiger partial charge in [-0.3, -0.25) is 0 Å². The maximum Gasteiger partial charge on any atom is 0.417 e. The molecule has 0 atom stereocenters. The van der Waals surface area contributed by atoms with Crippen molar-refractivity contribution in [2.75, 3.05) is 18.0 Å². The van der Waals surface area contributed by atoms with Crippen LogP contribution < -0.4 is 4.90 Å². The minimum Gasteiger partial charge on any atom is -0.360 e. The summed E-state index contributed by atoms with van der Waals surface area (Å²) in [6.07, 6.45) is 2.14. The predicted molar refractivity (Wildman–Crippen MR) is 140 cm³/mol. The first-order valence-corrected chi connectivity index (χ1v) is 13.2. The van der Waals surface area contributed by atoms with Crippen LogP contribution >= 0.6 is 0 Å². The van der Waals surface area contributed by atoms with Crippen LogP contribution in [0.5, 0.6) is 0 Å². The number of anilines is 1. The molecule has 3 aliphatic rings. The smallest absolute Gasteiger partial charge is 0.360 e. The molecule has 2 fully saturated rings. The molecule has 2 aromatic carbocycles. The molecule has 1 aliphatic heterocycles. The molecule has 0 N–H and O–H groups in total. The van der Waals surface area contributed by atoms with E-state index in [1.54, 1.807) is 6.07 Å². The van der Waals surface area contributed by atoms with Crippen LogP contribution in [-0.2, 0) is 6.18 Å². The maximum absolute atomic E-state index is 13.8. The number of alkyl halides is 3. The molecule has 3 heterocycles. The van der Waals surface area contributed by atoms with E-state index in [-0.39, 0.29) is 22.6 Å². The molecule has 1 saturated heterocycles. The largest absolute Gasteiger partial charge is 0.417 e. The van der Waals surface area contributed by atoms with Crippen molar-refractivity contribution in [2.24, 2.45) is 5.41 Å². The summed E-state index contributed by atoms with van der Waals surface area (Å²) in [7, 11) is 0. The average molecular weight is 528 g/mol. The van der Waals surface area contributed by atoms with Gasteiger partial charge in [-0.2, -0.15) is 18.4 Å². The zero-order valence-electron chi connectivity index (χ0n) is 21.0. The van der Waals surface area contributed by atoms with Gasteiger partial charge in [0.25, 0.3) is 0 Å². The third-order valence-corrected chi connectivity index (χ3v) is 8.22. The van der Waals surface area contributed by atoms with E-state index >= 15 is 0 Å². The molecular formula is C30H24F3N5O. The summed E-state index contributed by atoms with van der Waals surface area (Å²) in [6, 6.07) is 15.3. The number of fused-ring (bicyclic) bond motifs is 1. The second-order valence-corrected chi connectivity index (χ2v) is 10.8. The molecule has 2 aromatic heterocycles. The minimum atomic E-state index is -4.48. The predicted octanol–water partition coefficient (Wildman–Crippen LogP) is 7.13. The normalized spacial score (nSPS) is 18.6. The van der Waals surface area contributed by atoms with Gasteiger partial charge >= 0.3 is 6.18 Å². The second-order valence-electron chi connectivity index (χ2n) is 10.8. The molecule has 4 aromatic rings. The Kier molecular flexibility index (Phi) is 5.31. The number of halogens is 3. The molecule has 9 heteroatoms. The molecular weight excluding hydrogens is 503 g/mol. The van der Waals surface area contributed by atoms with Gasteiger partial charge < -0.3 is 9.42 Å². The third kappa shape index (κ3) is 4.06. The molecule has 0 bridgehead atoms. The Labute approximate surface area is 222 Å². The fourth-order valence-electron chi connectivity index (χ4n) is 6.01. The Morgan fingerprint density at radius 3 is 2.31 bits per heavy atom. The molecule has 7 rings (SSSR count). The number of hydrogen-bond donors (Lipinski definition) is 0. The molecule has 39 heavy (non-hydrogen) atoms. The van der Waals surface area contributed by atoms with Crippen molar-refractivity contribution in [3.8, 4) is 17.3 Å². The Morgan fingerprint density at radius 2 is 1.64 bits per heavy atom. The fraction of sp³-hybridized carbons (Fsp3) is 0.333. The number of benzene rings is 2. The lowest BCUT2D eigenvalue weighted by Gasteiger charge is -2.46. The zero-order chi connectivity index (χ0) is 26.8. The van der Waals surface area contributed by atoms with Gasteiger partial charge in [0.05, 0.1) is 16.6 Å². The van der Waals surface area contributed by atoms with Crippen molar-refractivity contribution < 1.29 is 17.7 Å². The highest BCUT2D eigenvalue weighted by Crippen LogP contribution is 2.56. The van der Waals surface area contributed by atoms with E-state index in [0.29, 0.717) is 35.9 Å². The lowest BCUT2D eigenvalue weighted by molar-refractivity contribution is -0.137. The molecule has 2 aliphatic carbocycles. The number of aromatic nitrogens is 3. The minimum absolute atomic E-state index is 0.0399. The van der Waals surface area contributed by atoms with E-state index in [2.05, 4.69) is 27.2 Å². The number of allylic oxidation sites excluding steroid dienone is 2. The molecule has 1 saturated carbocycles. The van der Waals surface area contributed by atoms with Crippen molar-refractivity contribution in [1.29, 1.82) is 5.26 Å². The lowest BCUT2D eigenvalue weighted by atomic mass is 9.63. The highest BCUT2D eigenvalue weighted by atomic mass is 19.4. The molecule has 0 amide bonds. The Morgan fingerprint density at radius 1 is 0.974 bits per heavy atom. The van der Waals surface area contributed by atoms with Gasteiger partial charge in [0.1, 0.15) is 17.5 Å². The first-order chi connectivity index (χ1) is 18.9. The molecule has 6 nitrogen and oxygen atoms in total. The number of hydrogen-bond acceptors (Lipinski definition) is 6. The van der Waals surface area contributed by atoms with E-state index < -0.39 is 11.7 Å². The summed E-state index contributed by atoms with van der Waals surface area (Å²) in [5.74, 6) is 1.54. The molecule has 0 unspecified atom stereocenters. The first-order valence-electron chi connectivity index (χ1n) is 13.2. The molecule has 196 valence electrons. The Balaban J connectivity index is 1.18. The van der Waals surface area contributed by atoms with Gasteiger partial charge in [-0.25, -0.2) is 9.97 Å². The lowest BCUT2D eigenvalue weighted by Crippen LogP contribution is -2.43. The van der Waals surface area contributed by atoms with Crippen LogP contribution in [0.3, 0.4) is 0 Å². The van der Waals surface area contributed by atoms with Gasteiger partial charge in [-0.1, -0.05) is 41.6 Å². The van der Waals surface area contributed by atoms with Gasteiger partial charge in [0, 0.05) is 30.1 Å². The molecule has 0 radical (unpaired) electrons. The average Bonchev–Trinajstić information content (AvgIpc) is 3.69. The summed E-state index contributed by atoms with van der Waals surface area (Å²) in [5, 5.41) is 13.9. The van der Waals surface area contributed by atoms with Gasteiger partial charge in [0.2, 0.25) is 0 Å². The quantitative estimate of drug-likeness (QED) is 0.281. The van der Waals surface area contributed by atoms with Crippen molar-refractivity contribution in [3.05, 3.63) is 77.2 Å². The van der Waals surface area contributed by atoms with E-state index in [4.69, 9.17) is 9.51 Å². The number of nitrogens with zero attached hydrogens (tertiary/aromatic N) is 5.